The van der Waals surface area contributed by atoms with Gasteiger partial charge >= 0.3 is 5.97 Å². The zero-order chi connectivity index (χ0) is 51.2. The molecule has 0 bridgehead atoms. The molecule has 3 fully saturated rings. The molecule has 0 saturated carbocycles. The Balaban J connectivity index is 1.40. The SMILES string of the molecule is CC[C@H]1OC(=O)[C@H](C)[C@@H](C2CC(C)(C)[C@@H](O)[C@H](C)O2)[C@H](C)[C@@H](O[C@H]2C[C@@H](N(C)CCC(=O)N[C@H](CF)Cc3ccc(-c4ccno4)cc3)C[C@@H](C)O2)[C@@](O)(CC)C[C@@H](C)CN(C)[C@H](C)[C@@H](O)[C@]1(C)O. The first-order valence-electron chi connectivity index (χ1n) is 25.6. The van der Waals surface area contributed by atoms with Gasteiger partial charge in [-0.05, 0) is 103 Å². The van der Waals surface area contributed by atoms with Crippen molar-refractivity contribution in [1.82, 2.24) is 20.3 Å². The molecule has 3 saturated heterocycles. The number of carbonyl (C=O) groups excluding carboxylic acids is 2. The number of nitrogens with one attached hydrogen (secondary N) is 1. The van der Waals surface area contributed by atoms with E-state index >= 15 is 0 Å². The lowest BCUT2D eigenvalue weighted by Crippen LogP contribution is -2.59. The molecule has 15 nitrogen and oxygen atoms in total. The molecular weight excluding hydrogens is 888 g/mol. The van der Waals surface area contributed by atoms with E-state index in [1.165, 1.54) is 6.92 Å². The van der Waals surface area contributed by atoms with Crippen LogP contribution in [0.2, 0.25) is 0 Å². The van der Waals surface area contributed by atoms with Crippen LogP contribution in [0.3, 0.4) is 0 Å². The van der Waals surface area contributed by atoms with Crippen LogP contribution >= 0.6 is 0 Å². The summed E-state index contributed by atoms with van der Waals surface area (Å²) in [6, 6.07) is 8.04. The van der Waals surface area contributed by atoms with E-state index in [1.54, 1.807) is 19.2 Å². The van der Waals surface area contributed by atoms with Crippen LogP contribution in [0.5, 0.6) is 0 Å². The topological polar surface area (TPSA) is 197 Å². The third-order valence-electron chi connectivity index (χ3n) is 16.1. The summed E-state index contributed by atoms with van der Waals surface area (Å²) in [5, 5.41) is 54.6. The van der Waals surface area contributed by atoms with Crippen LogP contribution in [0, 0.1) is 29.1 Å². The van der Waals surface area contributed by atoms with Gasteiger partial charge in [0, 0.05) is 55.6 Å². The van der Waals surface area contributed by atoms with Crippen LogP contribution in [0.15, 0.2) is 41.1 Å². The molecule has 16 heteroatoms. The van der Waals surface area contributed by atoms with Gasteiger partial charge in [0.05, 0.1) is 54.3 Å². The Kier molecular flexibility index (Phi) is 19.9. The molecular formula is C53H87FN4O11. The van der Waals surface area contributed by atoms with Crippen molar-refractivity contribution < 1.29 is 57.9 Å². The van der Waals surface area contributed by atoms with E-state index in [0.717, 1.165) is 11.1 Å². The number of aromatic nitrogens is 1. The number of nitrogens with zero attached hydrogens (tertiary/aromatic N) is 3. The number of hydrogen-bond acceptors (Lipinski definition) is 14. The first kappa shape index (κ1) is 56.8. The Morgan fingerprint density at radius 1 is 1.00 bits per heavy atom. The molecule has 1 aromatic carbocycles. The smallest absolute Gasteiger partial charge is 0.309 e. The van der Waals surface area contributed by atoms with Gasteiger partial charge < -0.3 is 59.0 Å². The zero-order valence-corrected chi connectivity index (χ0v) is 43.8. The van der Waals surface area contributed by atoms with Gasteiger partial charge in [-0.2, -0.15) is 0 Å². The Morgan fingerprint density at radius 2 is 1.68 bits per heavy atom. The van der Waals surface area contributed by atoms with E-state index in [1.807, 2.05) is 98.7 Å². The van der Waals surface area contributed by atoms with Gasteiger partial charge in [0.15, 0.2) is 12.1 Å². The second-order valence-corrected chi connectivity index (χ2v) is 22.2. The molecule has 0 spiro atoms. The number of rotatable bonds is 14. The lowest BCUT2D eigenvalue weighted by molar-refractivity contribution is -0.275. The summed E-state index contributed by atoms with van der Waals surface area (Å²) < 4.78 is 46.1. The number of likely N-dealkylation sites (N-methyl/N-ethyl adjacent to an activating group) is 1. The predicted octanol–water partition coefficient (Wildman–Crippen LogP) is 6.33. The van der Waals surface area contributed by atoms with Crippen LogP contribution in [0.1, 0.15) is 127 Å². The number of aliphatic hydroxyl groups excluding tert-OH is 2. The van der Waals surface area contributed by atoms with Crippen LogP contribution in [-0.2, 0) is 35.0 Å². The molecule has 3 aliphatic rings. The van der Waals surface area contributed by atoms with Crippen LogP contribution in [0.4, 0.5) is 4.39 Å². The van der Waals surface area contributed by atoms with Crippen molar-refractivity contribution in [3.63, 3.8) is 0 Å². The molecule has 392 valence electrons. The van der Waals surface area contributed by atoms with Crippen molar-refractivity contribution in [2.75, 3.05) is 33.9 Å². The average molecular weight is 975 g/mol. The largest absolute Gasteiger partial charge is 0.459 e. The Hall–Kier alpha value is -3.06. The van der Waals surface area contributed by atoms with Crippen molar-refractivity contribution in [2.45, 2.75) is 206 Å². The number of ether oxygens (including phenoxy) is 4. The van der Waals surface area contributed by atoms with Gasteiger partial charge in [0.25, 0.3) is 0 Å². The monoisotopic (exact) mass is 975 g/mol. The third-order valence-corrected chi connectivity index (χ3v) is 16.1. The lowest BCUT2D eigenvalue weighted by atomic mass is 9.66. The summed E-state index contributed by atoms with van der Waals surface area (Å²) in [7, 11) is 3.84. The summed E-state index contributed by atoms with van der Waals surface area (Å²) in [5.74, 6) is -2.28. The molecule has 1 unspecified atom stereocenters. The highest BCUT2D eigenvalue weighted by Crippen LogP contribution is 2.47. The molecule has 1 amide bonds. The number of cyclic esters (lactones) is 1. The normalized spacial score (nSPS) is 38.2. The lowest BCUT2D eigenvalue weighted by Gasteiger charge is -2.51. The summed E-state index contributed by atoms with van der Waals surface area (Å²) >= 11 is 0. The second-order valence-electron chi connectivity index (χ2n) is 22.2. The number of amides is 1. The minimum Gasteiger partial charge on any atom is -0.459 e. The van der Waals surface area contributed by atoms with Gasteiger partial charge in [-0.1, -0.05) is 77.9 Å². The number of esters is 1. The fourth-order valence-corrected chi connectivity index (χ4v) is 11.7. The highest BCUT2D eigenvalue weighted by Gasteiger charge is 2.54. The van der Waals surface area contributed by atoms with Gasteiger partial charge in [0.2, 0.25) is 5.91 Å². The van der Waals surface area contributed by atoms with E-state index < -0.39 is 102 Å². The van der Waals surface area contributed by atoms with E-state index in [-0.39, 0.29) is 36.8 Å². The van der Waals surface area contributed by atoms with Crippen molar-refractivity contribution in [2.24, 2.45) is 29.1 Å². The predicted molar refractivity (Wildman–Crippen MR) is 261 cm³/mol. The Morgan fingerprint density at radius 3 is 2.28 bits per heavy atom. The van der Waals surface area contributed by atoms with E-state index in [2.05, 4.69) is 22.3 Å². The van der Waals surface area contributed by atoms with Gasteiger partial charge in [-0.25, -0.2) is 4.39 Å². The number of aliphatic hydroxyl groups is 4. The molecule has 0 radical (unpaired) electrons. The maximum absolute atomic E-state index is 14.6. The van der Waals surface area contributed by atoms with Gasteiger partial charge in [0.1, 0.15) is 24.5 Å². The summed E-state index contributed by atoms with van der Waals surface area (Å²) in [6.07, 6.45) is -1.62. The van der Waals surface area contributed by atoms with Crippen molar-refractivity contribution in [1.29, 1.82) is 0 Å². The quantitative estimate of drug-likeness (QED) is 0.132. The molecule has 0 aliphatic carbocycles. The molecule has 2 aromatic rings. The van der Waals surface area contributed by atoms with Crippen molar-refractivity contribution >= 4 is 11.9 Å². The summed E-state index contributed by atoms with van der Waals surface area (Å²) in [4.78, 5) is 32.0. The minimum atomic E-state index is -1.78. The minimum absolute atomic E-state index is 0.0625. The number of hydrogen-bond donors (Lipinski definition) is 5. The standard InChI is InChI=1S/C53H87FN4O11/c1-14-43-52(11,63)47(60)35(7)58(13)30-31(3)27-53(64,15-2)49(33(5)46(34(6)50(62)67-43)42-28-51(9,10)48(61)36(8)66-42)68-45-26-40(24-32(4)65-45)57(12)23-21-44(59)56-39(29-54)25-37-16-18-38(19-17-37)41-20-22-55-69-41/h16-20,22,31-36,39-40,42-43,45-49,60-61,63-64H,14-15,21,23-30H2,1-13H3,(H,56,59)/t31-,32-,33+,34-,35-,36+,39+,40+,42?,43-,45+,46+,47-,48+,49-,52-,53-/m1/s1. The first-order chi connectivity index (χ1) is 32.3. The average Bonchev–Trinajstić information content (AvgIpc) is 3.85. The number of alkyl halides is 1. The molecule has 3 aliphatic heterocycles. The van der Waals surface area contributed by atoms with E-state index in [4.69, 9.17) is 23.5 Å². The number of benzene rings is 1. The summed E-state index contributed by atoms with van der Waals surface area (Å²) in [6.45, 7) is 20.9. The van der Waals surface area contributed by atoms with E-state index in [9.17, 15) is 34.4 Å². The molecule has 4 heterocycles. The summed E-state index contributed by atoms with van der Waals surface area (Å²) in [5.41, 5.74) is -2.06. The van der Waals surface area contributed by atoms with Gasteiger partial charge in [-0.3, -0.25) is 9.59 Å². The fourth-order valence-electron chi connectivity index (χ4n) is 11.7. The molecule has 69 heavy (non-hydrogen) atoms. The van der Waals surface area contributed by atoms with Crippen molar-refractivity contribution in [3.05, 3.63) is 42.1 Å². The molecule has 1 aromatic heterocycles. The highest BCUT2D eigenvalue weighted by molar-refractivity contribution is 5.76. The Bertz CT molecular complexity index is 1910. The molecule has 5 rings (SSSR count). The fraction of sp³-hybridized carbons (Fsp3) is 0.792. The van der Waals surface area contributed by atoms with Crippen molar-refractivity contribution in [3.8, 4) is 11.3 Å². The van der Waals surface area contributed by atoms with E-state index in [0.29, 0.717) is 57.4 Å². The Labute approximate surface area is 411 Å². The van der Waals surface area contributed by atoms with Crippen LogP contribution < -0.4 is 5.32 Å². The maximum Gasteiger partial charge on any atom is 0.309 e. The van der Waals surface area contributed by atoms with Crippen LogP contribution in [-0.4, -0.2) is 159 Å². The highest BCUT2D eigenvalue weighted by atomic mass is 19.1. The number of carbonyl (C=O) groups is 2. The maximum atomic E-state index is 14.6. The second kappa shape index (κ2) is 24.1. The van der Waals surface area contributed by atoms with Gasteiger partial charge in [-0.15, -0.1) is 0 Å². The zero-order valence-electron chi connectivity index (χ0n) is 43.8. The third kappa shape index (κ3) is 13.9. The molecule has 5 N–H and O–H groups in total. The van der Waals surface area contributed by atoms with Crippen LogP contribution in [0.25, 0.3) is 11.3 Å². The molecule has 17 atom stereocenters. The number of halogens is 1. The first-order valence-corrected chi connectivity index (χ1v) is 25.6.